The predicted octanol–water partition coefficient (Wildman–Crippen LogP) is 1.91. The summed E-state index contributed by atoms with van der Waals surface area (Å²) >= 11 is 0. The summed E-state index contributed by atoms with van der Waals surface area (Å²) in [5.74, 6) is 0.280. The van der Waals surface area contributed by atoms with Crippen molar-refractivity contribution in [2.75, 3.05) is 26.3 Å². The number of benzene rings is 1. The fourth-order valence-electron chi connectivity index (χ4n) is 3.84. The maximum absolute atomic E-state index is 12.7. The number of hydrogen-bond donors (Lipinski definition) is 1. The molecule has 0 spiro atoms. The maximum atomic E-state index is 12.7. The van der Waals surface area contributed by atoms with Crippen molar-refractivity contribution in [3.8, 4) is 5.75 Å². The van der Waals surface area contributed by atoms with Gasteiger partial charge >= 0.3 is 5.97 Å². The van der Waals surface area contributed by atoms with Gasteiger partial charge in [-0.25, -0.2) is 0 Å². The minimum absolute atomic E-state index is 0.0352. The van der Waals surface area contributed by atoms with Crippen LogP contribution in [0.2, 0.25) is 0 Å². The molecule has 1 atom stereocenters. The fraction of sp³-hybridized carbons (Fsp3) is 0.571. The van der Waals surface area contributed by atoms with E-state index in [2.05, 4.69) is 5.32 Å². The summed E-state index contributed by atoms with van der Waals surface area (Å²) in [5, 5.41) is 2.74. The normalized spacial score (nSPS) is 19.9. The zero-order valence-corrected chi connectivity index (χ0v) is 16.1. The molecule has 1 heterocycles. The Bertz CT molecular complexity index is 673. The van der Waals surface area contributed by atoms with Crippen LogP contribution in [0.25, 0.3) is 0 Å². The molecule has 1 saturated carbocycles. The smallest absolute Gasteiger partial charge is 0.308 e. The average Bonchev–Trinajstić information content (AvgIpc) is 3.20. The van der Waals surface area contributed by atoms with E-state index in [-0.39, 0.29) is 31.4 Å². The third kappa shape index (κ3) is 5.71. The van der Waals surface area contributed by atoms with Crippen molar-refractivity contribution in [1.29, 1.82) is 0 Å². The van der Waals surface area contributed by atoms with Crippen LogP contribution >= 0.6 is 0 Å². The maximum Gasteiger partial charge on any atom is 0.308 e. The van der Waals surface area contributed by atoms with Crippen LogP contribution in [0.5, 0.6) is 5.75 Å². The number of carbonyl (C=O) groups is 3. The van der Waals surface area contributed by atoms with Crippen molar-refractivity contribution in [2.24, 2.45) is 5.92 Å². The predicted molar refractivity (Wildman–Crippen MR) is 103 cm³/mol. The van der Waals surface area contributed by atoms with E-state index in [1.54, 1.807) is 4.90 Å². The molecule has 1 aromatic carbocycles. The Kier molecular flexibility index (Phi) is 7.28. The Labute approximate surface area is 165 Å². The summed E-state index contributed by atoms with van der Waals surface area (Å²) in [7, 11) is 0. The molecule has 7 heteroatoms. The lowest BCUT2D eigenvalue weighted by molar-refractivity contribution is -0.152. The first-order valence-corrected chi connectivity index (χ1v) is 10.0. The molecule has 1 unspecified atom stereocenters. The SMILES string of the molecule is O=C(CC1C(=O)NCCN1C(=O)CC1CCCC1)OCCOc1ccccc1. The summed E-state index contributed by atoms with van der Waals surface area (Å²) in [6.07, 6.45) is 4.80. The van der Waals surface area contributed by atoms with E-state index in [0.717, 1.165) is 12.8 Å². The van der Waals surface area contributed by atoms with Gasteiger partial charge in [-0.05, 0) is 30.9 Å². The number of piperazine rings is 1. The number of amides is 2. The summed E-state index contributed by atoms with van der Waals surface area (Å²) in [6, 6.07) is 8.47. The molecule has 1 saturated heterocycles. The van der Waals surface area contributed by atoms with Gasteiger partial charge in [-0.2, -0.15) is 0 Å². The quantitative estimate of drug-likeness (QED) is 0.543. The van der Waals surface area contributed by atoms with Crippen LogP contribution in [0, 0.1) is 5.92 Å². The van der Waals surface area contributed by atoms with Crippen LogP contribution in [0.15, 0.2) is 30.3 Å². The first-order valence-electron chi connectivity index (χ1n) is 10.0. The van der Waals surface area contributed by atoms with E-state index in [9.17, 15) is 14.4 Å². The minimum atomic E-state index is -0.787. The van der Waals surface area contributed by atoms with Crippen molar-refractivity contribution in [3.05, 3.63) is 30.3 Å². The topological polar surface area (TPSA) is 84.9 Å². The van der Waals surface area contributed by atoms with Crippen LogP contribution < -0.4 is 10.1 Å². The Balaban J connectivity index is 1.45. The van der Waals surface area contributed by atoms with Crippen molar-refractivity contribution in [1.82, 2.24) is 10.2 Å². The molecule has 3 rings (SSSR count). The van der Waals surface area contributed by atoms with E-state index in [1.165, 1.54) is 12.8 Å². The van der Waals surface area contributed by atoms with Gasteiger partial charge < -0.3 is 19.7 Å². The second kappa shape index (κ2) is 10.1. The first kappa shape index (κ1) is 20.2. The van der Waals surface area contributed by atoms with Gasteiger partial charge in [0.1, 0.15) is 25.0 Å². The van der Waals surface area contributed by atoms with Crippen molar-refractivity contribution >= 4 is 17.8 Å². The van der Waals surface area contributed by atoms with Gasteiger partial charge in [-0.3, -0.25) is 14.4 Å². The molecule has 0 aromatic heterocycles. The molecule has 7 nitrogen and oxygen atoms in total. The van der Waals surface area contributed by atoms with E-state index in [1.807, 2.05) is 30.3 Å². The number of para-hydroxylation sites is 1. The number of carbonyl (C=O) groups excluding carboxylic acids is 3. The van der Waals surface area contributed by atoms with Crippen LogP contribution in [0.3, 0.4) is 0 Å². The van der Waals surface area contributed by atoms with Crippen molar-refractivity contribution in [2.45, 2.75) is 44.6 Å². The Morgan fingerprint density at radius 1 is 1.07 bits per heavy atom. The van der Waals surface area contributed by atoms with Gasteiger partial charge in [-0.1, -0.05) is 31.0 Å². The summed E-state index contributed by atoms with van der Waals surface area (Å²) < 4.78 is 10.7. The van der Waals surface area contributed by atoms with E-state index < -0.39 is 12.0 Å². The molecule has 0 radical (unpaired) electrons. The van der Waals surface area contributed by atoms with Crippen LogP contribution in [-0.4, -0.2) is 55.0 Å². The van der Waals surface area contributed by atoms with Crippen LogP contribution in [-0.2, 0) is 19.1 Å². The fourth-order valence-corrected chi connectivity index (χ4v) is 3.84. The Morgan fingerprint density at radius 2 is 1.82 bits per heavy atom. The molecule has 2 aliphatic rings. The summed E-state index contributed by atoms with van der Waals surface area (Å²) in [5.41, 5.74) is 0. The van der Waals surface area contributed by atoms with Gasteiger partial charge in [0.15, 0.2) is 0 Å². The molecule has 2 amide bonds. The van der Waals surface area contributed by atoms with Crippen molar-refractivity contribution in [3.63, 3.8) is 0 Å². The van der Waals surface area contributed by atoms with Gasteiger partial charge in [-0.15, -0.1) is 0 Å². The number of nitrogens with one attached hydrogen (secondary N) is 1. The zero-order valence-electron chi connectivity index (χ0n) is 16.1. The third-order valence-electron chi connectivity index (χ3n) is 5.31. The number of nitrogens with zero attached hydrogens (tertiary/aromatic N) is 1. The summed E-state index contributed by atoms with van der Waals surface area (Å²) in [4.78, 5) is 38.7. The molecule has 1 aromatic rings. The zero-order chi connectivity index (χ0) is 19.8. The highest BCUT2D eigenvalue weighted by Gasteiger charge is 2.36. The highest BCUT2D eigenvalue weighted by Crippen LogP contribution is 2.28. The molecule has 0 bridgehead atoms. The second-order valence-corrected chi connectivity index (χ2v) is 7.33. The van der Waals surface area contributed by atoms with E-state index >= 15 is 0 Å². The first-order chi connectivity index (χ1) is 13.6. The molecular weight excluding hydrogens is 360 g/mol. The Morgan fingerprint density at radius 3 is 2.57 bits per heavy atom. The molecule has 1 aliphatic heterocycles. The Hall–Kier alpha value is -2.57. The lowest BCUT2D eigenvalue weighted by atomic mass is 10.0. The third-order valence-corrected chi connectivity index (χ3v) is 5.31. The van der Waals surface area contributed by atoms with Gasteiger partial charge in [0.05, 0.1) is 6.42 Å². The van der Waals surface area contributed by atoms with Gasteiger partial charge in [0.25, 0.3) is 0 Å². The largest absolute Gasteiger partial charge is 0.490 e. The number of hydrogen-bond acceptors (Lipinski definition) is 5. The molecule has 1 aliphatic carbocycles. The number of rotatable bonds is 8. The van der Waals surface area contributed by atoms with Crippen LogP contribution in [0.4, 0.5) is 0 Å². The van der Waals surface area contributed by atoms with E-state index in [4.69, 9.17) is 9.47 Å². The van der Waals surface area contributed by atoms with Gasteiger partial charge in [0, 0.05) is 19.5 Å². The average molecular weight is 388 g/mol. The number of ether oxygens (including phenoxy) is 2. The monoisotopic (exact) mass is 388 g/mol. The van der Waals surface area contributed by atoms with Crippen LogP contribution in [0.1, 0.15) is 38.5 Å². The number of esters is 1. The molecule has 152 valence electrons. The standard InChI is InChI=1S/C21H28N2O5/c24-19(14-16-6-4-5-7-16)23-11-10-22-21(26)18(23)15-20(25)28-13-12-27-17-8-2-1-3-9-17/h1-3,8-9,16,18H,4-7,10-15H2,(H,22,26). The highest BCUT2D eigenvalue weighted by atomic mass is 16.6. The summed E-state index contributed by atoms with van der Waals surface area (Å²) in [6.45, 7) is 1.19. The molecule has 28 heavy (non-hydrogen) atoms. The highest BCUT2D eigenvalue weighted by molar-refractivity contribution is 5.92. The molecule has 2 fully saturated rings. The lowest BCUT2D eigenvalue weighted by Crippen LogP contribution is -2.58. The lowest BCUT2D eigenvalue weighted by Gasteiger charge is -2.35. The second-order valence-electron chi connectivity index (χ2n) is 7.33. The molecular formula is C21H28N2O5. The van der Waals surface area contributed by atoms with Gasteiger partial charge in [0.2, 0.25) is 11.8 Å². The van der Waals surface area contributed by atoms with E-state index in [0.29, 0.717) is 31.2 Å². The van der Waals surface area contributed by atoms with Crippen molar-refractivity contribution < 1.29 is 23.9 Å². The minimum Gasteiger partial charge on any atom is -0.490 e. The molecule has 1 N–H and O–H groups in total.